The van der Waals surface area contributed by atoms with Gasteiger partial charge < -0.3 is 4.74 Å². The third kappa shape index (κ3) is 2.25. The van der Waals surface area contributed by atoms with Gasteiger partial charge in [-0.3, -0.25) is 4.79 Å². The average molecular weight is 262 g/mol. The van der Waals surface area contributed by atoms with Gasteiger partial charge in [0.1, 0.15) is 0 Å². The molecular formula is C14H12ClNO2. The monoisotopic (exact) mass is 261 g/mol. The number of carbonyl (C=O) groups excluding carboxylic acids is 1. The molecule has 4 heteroatoms. The normalized spacial score (nSPS) is 15.8. The third-order valence-electron chi connectivity index (χ3n) is 2.90. The first-order valence-corrected chi connectivity index (χ1v) is 6.11. The lowest BCUT2D eigenvalue weighted by molar-refractivity contribution is -0.138. The largest absolute Gasteiger partial charge is 0.471 e. The van der Waals surface area contributed by atoms with Crippen molar-refractivity contribution in [3.63, 3.8) is 0 Å². The number of halogens is 1. The number of aryl methyl sites for hydroxylation is 1. The van der Waals surface area contributed by atoms with Gasteiger partial charge in [0.15, 0.2) is 0 Å². The first kappa shape index (κ1) is 12.7. The van der Waals surface area contributed by atoms with Crippen molar-refractivity contribution in [2.45, 2.75) is 19.8 Å². The van der Waals surface area contributed by atoms with Crippen LogP contribution in [0.1, 0.15) is 24.5 Å². The van der Waals surface area contributed by atoms with Crippen LogP contribution >= 0.6 is 11.6 Å². The molecule has 0 aromatic heterocycles. The van der Waals surface area contributed by atoms with E-state index in [1.54, 1.807) is 13.0 Å². The van der Waals surface area contributed by atoms with E-state index in [1.165, 1.54) is 0 Å². The lowest BCUT2D eigenvalue weighted by Crippen LogP contribution is -2.06. The Labute approximate surface area is 111 Å². The van der Waals surface area contributed by atoms with Crippen molar-refractivity contribution in [3.05, 3.63) is 51.5 Å². The highest BCUT2D eigenvalue weighted by Gasteiger charge is 2.24. The molecule has 0 atom stereocenters. The molecule has 0 amide bonds. The van der Waals surface area contributed by atoms with E-state index in [-0.39, 0.29) is 12.3 Å². The van der Waals surface area contributed by atoms with Crippen LogP contribution in [0, 0.1) is 6.57 Å². The fraction of sp³-hybridized carbons (Fsp3) is 0.286. The Balaban J connectivity index is 2.48. The van der Waals surface area contributed by atoms with Gasteiger partial charge in [0.25, 0.3) is 5.70 Å². The summed E-state index contributed by atoms with van der Waals surface area (Å²) in [6, 6.07) is 5.53. The minimum absolute atomic E-state index is 0.0953. The Morgan fingerprint density at radius 2 is 2.28 bits per heavy atom. The maximum absolute atomic E-state index is 11.7. The summed E-state index contributed by atoms with van der Waals surface area (Å²) in [6.07, 6.45) is 1.50. The van der Waals surface area contributed by atoms with E-state index in [0.717, 1.165) is 23.1 Å². The summed E-state index contributed by atoms with van der Waals surface area (Å²) in [5.74, 6) is -0.537. The van der Waals surface area contributed by atoms with Gasteiger partial charge in [0, 0.05) is 5.02 Å². The Hall–Kier alpha value is -1.79. The molecule has 3 nitrogen and oxygen atoms in total. The zero-order valence-electron chi connectivity index (χ0n) is 10.00. The summed E-state index contributed by atoms with van der Waals surface area (Å²) in [4.78, 5) is 15.1. The van der Waals surface area contributed by atoms with Crippen molar-refractivity contribution < 1.29 is 9.53 Å². The van der Waals surface area contributed by atoms with Gasteiger partial charge in [0.05, 0.1) is 13.2 Å². The van der Waals surface area contributed by atoms with Gasteiger partial charge >= 0.3 is 5.97 Å². The van der Waals surface area contributed by atoms with E-state index in [2.05, 4.69) is 4.85 Å². The Morgan fingerprint density at radius 3 is 2.94 bits per heavy atom. The summed E-state index contributed by atoms with van der Waals surface area (Å²) in [5.41, 5.74) is 2.90. The van der Waals surface area contributed by atoms with E-state index in [9.17, 15) is 4.79 Å². The topological polar surface area (TPSA) is 30.7 Å². The summed E-state index contributed by atoms with van der Waals surface area (Å²) >= 11 is 5.93. The van der Waals surface area contributed by atoms with Gasteiger partial charge in [-0.25, -0.2) is 4.85 Å². The maximum Gasteiger partial charge on any atom is 0.336 e. The fourth-order valence-corrected chi connectivity index (χ4v) is 2.33. The molecule has 0 saturated carbocycles. The summed E-state index contributed by atoms with van der Waals surface area (Å²) in [7, 11) is 0. The number of esters is 1. The van der Waals surface area contributed by atoms with Gasteiger partial charge in [0.2, 0.25) is 0 Å². The number of carbonyl (C=O) groups is 1. The molecule has 92 valence electrons. The van der Waals surface area contributed by atoms with Crippen molar-refractivity contribution in [1.29, 1.82) is 0 Å². The molecule has 1 aliphatic rings. The van der Waals surface area contributed by atoms with E-state index in [1.807, 2.05) is 12.1 Å². The van der Waals surface area contributed by atoms with E-state index in [0.29, 0.717) is 11.4 Å². The highest BCUT2D eigenvalue weighted by molar-refractivity contribution is 6.30. The highest BCUT2D eigenvalue weighted by Crippen LogP contribution is 2.36. The van der Waals surface area contributed by atoms with Gasteiger partial charge in [-0.15, -0.1) is 0 Å². The first-order valence-electron chi connectivity index (χ1n) is 5.74. The smallest absolute Gasteiger partial charge is 0.336 e. The molecule has 18 heavy (non-hydrogen) atoms. The molecule has 1 aromatic rings. The lowest BCUT2D eigenvalue weighted by Gasteiger charge is -2.05. The average Bonchev–Trinajstić information content (AvgIpc) is 2.73. The number of benzene rings is 1. The maximum atomic E-state index is 11.7. The van der Waals surface area contributed by atoms with Crippen molar-refractivity contribution >= 4 is 23.1 Å². The van der Waals surface area contributed by atoms with Gasteiger partial charge in [-0.05, 0) is 48.6 Å². The minimum Gasteiger partial charge on any atom is -0.471 e. The summed E-state index contributed by atoms with van der Waals surface area (Å²) in [5, 5.41) is 0.676. The third-order valence-corrected chi connectivity index (χ3v) is 3.14. The molecule has 2 rings (SSSR count). The lowest BCUT2D eigenvalue weighted by atomic mass is 10.1. The zero-order valence-corrected chi connectivity index (χ0v) is 10.8. The molecule has 1 aliphatic carbocycles. The number of hydrogen-bond donors (Lipinski definition) is 0. The Morgan fingerprint density at radius 1 is 1.50 bits per heavy atom. The van der Waals surface area contributed by atoms with Crippen molar-refractivity contribution in [1.82, 2.24) is 0 Å². The molecule has 0 spiro atoms. The number of ether oxygens (including phenoxy) is 1. The fourth-order valence-electron chi connectivity index (χ4n) is 2.14. The number of allylic oxidation sites excluding steroid dienone is 1. The summed E-state index contributed by atoms with van der Waals surface area (Å²) in [6.45, 7) is 9.16. The molecule has 0 fully saturated rings. The number of hydrogen-bond acceptors (Lipinski definition) is 2. The van der Waals surface area contributed by atoms with Crippen molar-refractivity contribution in [2.75, 3.05) is 6.61 Å². The van der Waals surface area contributed by atoms with Crippen LogP contribution in [0.25, 0.3) is 10.4 Å². The molecule has 0 radical (unpaired) electrons. The summed E-state index contributed by atoms with van der Waals surface area (Å²) < 4.78 is 4.91. The first-order chi connectivity index (χ1) is 8.67. The zero-order chi connectivity index (χ0) is 13.1. The van der Waals surface area contributed by atoms with Crippen LogP contribution in [0.3, 0.4) is 0 Å². The van der Waals surface area contributed by atoms with Crippen LogP contribution < -0.4 is 0 Å². The minimum atomic E-state index is -0.537. The van der Waals surface area contributed by atoms with Gasteiger partial charge in [-0.2, -0.15) is 0 Å². The predicted octanol–water partition coefficient (Wildman–Crippen LogP) is 3.48. The van der Waals surface area contributed by atoms with Crippen molar-refractivity contribution in [3.8, 4) is 0 Å². The number of fused-ring (bicyclic) bond motifs is 1. The molecule has 1 aromatic carbocycles. The van der Waals surface area contributed by atoms with E-state index < -0.39 is 5.97 Å². The Kier molecular flexibility index (Phi) is 3.69. The molecule has 0 bridgehead atoms. The quantitative estimate of drug-likeness (QED) is 0.464. The van der Waals surface area contributed by atoms with Crippen LogP contribution in [0.15, 0.2) is 23.9 Å². The Bertz CT molecular complexity index is 570. The predicted molar refractivity (Wildman–Crippen MR) is 69.9 cm³/mol. The van der Waals surface area contributed by atoms with Gasteiger partial charge in [-0.1, -0.05) is 17.7 Å². The molecule has 0 saturated heterocycles. The highest BCUT2D eigenvalue weighted by atomic mass is 35.5. The molecule has 0 aliphatic heterocycles. The molecule has 0 heterocycles. The number of rotatable bonds is 2. The van der Waals surface area contributed by atoms with Crippen LogP contribution in [0.2, 0.25) is 5.02 Å². The second-order valence-electron chi connectivity index (χ2n) is 3.96. The molecule has 0 N–H and O–H groups in total. The number of nitrogens with zero attached hydrogens (tertiary/aromatic N) is 1. The van der Waals surface area contributed by atoms with Crippen LogP contribution in [-0.2, 0) is 16.0 Å². The van der Waals surface area contributed by atoms with Crippen molar-refractivity contribution in [2.24, 2.45) is 0 Å². The standard InChI is InChI=1S/C14H12ClNO2/c1-3-18-14(17)13(16-2)12-6-4-9-8-10(15)5-7-11(9)12/h5,7-8H,3-4,6H2,1H3/b13-12-. The SMILES string of the molecule is [C-]#[N+]/C(C(=O)OCC)=C1/CCc2cc(Cl)ccc21. The van der Waals surface area contributed by atoms with E-state index >= 15 is 0 Å². The van der Waals surface area contributed by atoms with E-state index in [4.69, 9.17) is 22.9 Å². The molecule has 0 unspecified atom stereocenters. The molecular weight excluding hydrogens is 250 g/mol. The second kappa shape index (κ2) is 5.24. The van der Waals surface area contributed by atoms with Crippen LogP contribution in [-0.4, -0.2) is 12.6 Å². The second-order valence-corrected chi connectivity index (χ2v) is 4.40. The van der Waals surface area contributed by atoms with Crippen LogP contribution in [0.4, 0.5) is 0 Å². The van der Waals surface area contributed by atoms with Crippen LogP contribution in [0.5, 0.6) is 0 Å².